The van der Waals surface area contributed by atoms with Crippen LogP contribution in [0.3, 0.4) is 0 Å². The minimum Gasteiger partial charge on any atom is -0.497 e. The first-order valence-electron chi connectivity index (χ1n) is 9.54. The predicted octanol–water partition coefficient (Wildman–Crippen LogP) is 3.39. The van der Waals surface area contributed by atoms with Crippen molar-refractivity contribution in [2.75, 3.05) is 26.0 Å². The molecule has 1 fully saturated rings. The van der Waals surface area contributed by atoms with Gasteiger partial charge in [0.05, 0.1) is 23.5 Å². The first-order valence-corrected chi connectivity index (χ1v) is 11.5. The number of carbonyl (C=O) groups excluding carboxylic acids is 3. The van der Waals surface area contributed by atoms with Crippen LogP contribution >= 0.6 is 23.5 Å². The average molecular weight is 462 g/mol. The van der Waals surface area contributed by atoms with E-state index < -0.39 is 0 Å². The SMILES string of the molecule is COc1ccc(C=C2SC(=O)N(CCNC(=O)CSCc3c(C)noc3C)C2=O)cc1. The number of thioether (sulfide) groups is 2. The van der Waals surface area contributed by atoms with E-state index in [2.05, 4.69) is 10.5 Å². The quantitative estimate of drug-likeness (QED) is 0.567. The maximum atomic E-state index is 12.5. The Morgan fingerprint density at radius 1 is 1.29 bits per heavy atom. The number of aromatic nitrogens is 1. The Hall–Kier alpha value is -2.72. The Morgan fingerprint density at radius 3 is 2.68 bits per heavy atom. The third kappa shape index (κ3) is 5.92. The summed E-state index contributed by atoms with van der Waals surface area (Å²) in [5.74, 6) is 1.86. The molecule has 164 valence electrons. The van der Waals surface area contributed by atoms with Gasteiger partial charge in [0.25, 0.3) is 11.1 Å². The van der Waals surface area contributed by atoms with Gasteiger partial charge in [0.2, 0.25) is 5.91 Å². The van der Waals surface area contributed by atoms with Crippen LogP contribution in [0.1, 0.15) is 22.6 Å². The summed E-state index contributed by atoms with van der Waals surface area (Å²) >= 11 is 2.35. The summed E-state index contributed by atoms with van der Waals surface area (Å²) in [6.07, 6.45) is 1.67. The Morgan fingerprint density at radius 2 is 2.03 bits per heavy atom. The summed E-state index contributed by atoms with van der Waals surface area (Å²) in [6.45, 7) is 4.05. The topological polar surface area (TPSA) is 102 Å². The minimum absolute atomic E-state index is 0.130. The van der Waals surface area contributed by atoms with E-state index in [0.717, 1.165) is 39.2 Å². The molecule has 1 aliphatic heterocycles. The van der Waals surface area contributed by atoms with Gasteiger partial charge in [-0.15, -0.1) is 11.8 Å². The lowest BCUT2D eigenvalue weighted by atomic mass is 10.2. The number of carbonyl (C=O) groups is 3. The molecule has 0 radical (unpaired) electrons. The number of nitrogens with one attached hydrogen (secondary N) is 1. The fraction of sp³-hybridized carbons (Fsp3) is 0.333. The molecule has 1 N–H and O–H groups in total. The molecule has 1 aromatic heterocycles. The normalized spacial score (nSPS) is 15.1. The molecular formula is C21H23N3O5S2. The third-order valence-corrected chi connectivity index (χ3v) is 6.47. The smallest absolute Gasteiger partial charge is 0.293 e. The Bertz CT molecular complexity index is 981. The van der Waals surface area contributed by atoms with Crippen LogP contribution in [0.5, 0.6) is 5.75 Å². The van der Waals surface area contributed by atoms with E-state index in [-0.39, 0.29) is 35.9 Å². The van der Waals surface area contributed by atoms with Gasteiger partial charge in [-0.1, -0.05) is 17.3 Å². The van der Waals surface area contributed by atoms with Crippen molar-refractivity contribution in [3.05, 3.63) is 51.8 Å². The van der Waals surface area contributed by atoms with Crippen molar-refractivity contribution in [1.29, 1.82) is 0 Å². The van der Waals surface area contributed by atoms with Gasteiger partial charge in [-0.25, -0.2) is 0 Å². The number of aryl methyl sites for hydroxylation is 2. The molecule has 2 aromatic rings. The van der Waals surface area contributed by atoms with Gasteiger partial charge < -0.3 is 14.6 Å². The Kier molecular flexibility index (Phi) is 7.80. The van der Waals surface area contributed by atoms with Gasteiger partial charge in [0.1, 0.15) is 11.5 Å². The number of benzene rings is 1. The van der Waals surface area contributed by atoms with Crippen LogP contribution in [0.2, 0.25) is 0 Å². The molecule has 0 atom stereocenters. The molecule has 8 nitrogen and oxygen atoms in total. The molecule has 1 aromatic carbocycles. The van der Waals surface area contributed by atoms with E-state index in [4.69, 9.17) is 9.26 Å². The van der Waals surface area contributed by atoms with Crippen molar-refractivity contribution in [1.82, 2.24) is 15.4 Å². The maximum absolute atomic E-state index is 12.5. The van der Waals surface area contributed by atoms with E-state index in [9.17, 15) is 14.4 Å². The van der Waals surface area contributed by atoms with Gasteiger partial charge in [-0.3, -0.25) is 19.3 Å². The third-order valence-electron chi connectivity index (χ3n) is 4.61. The summed E-state index contributed by atoms with van der Waals surface area (Å²) in [5.41, 5.74) is 2.63. The molecule has 0 spiro atoms. The number of amides is 3. The van der Waals surface area contributed by atoms with E-state index in [1.165, 1.54) is 11.8 Å². The first-order chi connectivity index (χ1) is 14.9. The van der Waals surface area contributed by atoms with Crippen LogP contribution in [0, 0.1) is 13.8 Å². The fourth-order valence-corrected chi connectivity index (χ4v) is 4.73. The van der Waals surface area contributed by atoms with Crippen LogP contribution < -0.4 is 10.1 Å². The van der Waals surface area contributed by atoms with Crippen LogP contribution in [0.25, 0.3) is 6.08 Å². The molecule has 2 heterocycles. The van der Waals surface area contributed by atoms with Crippen LogP contribution in [-0.2, 0) is 15.3 Å². The second-order valence-electron chi connectivity index (χ2n) is 6.75. The van der Waals surface area contributed by atoms with Crippen molar-refractivity contribution in [2.24, 2.45) is 0 Å². The number of nitrogens with zero attached hydrogens (tertiary/aromatic N) is 2. The number of rotatable bonds is 9. The standard InChI is InChI=1S/C21H23N3O5S2/c1-13-17(14(2)29-23-13)11-30-12-19(25)22-8-9-24-20(26)18(31-21(24)27)10-15-4-6-16(28-3)7-5-15/h4-7,10H,8-9,11-12H2,1-3H3,(H,22,25). The minimum atomic E-state index is -0.354. The van der Waals surface area contributed by atoms with Gasteiger partial charge in [0, 0.05) is 24.4 Å². The maximum Gasteiger partial charge on any atom is 0.293 e. The molecule has 0 unspecified atom stereocenters. The monoisotopic (exact) mass is 461 g/mol. The summed E-state index contributed by atoms with van der Waals surface area (Å²) in [5, 5.41) is 6.30. The molecule has 1 saturated heterocycles. The highest BCUT2D eigenvalue weighted by atomic mass is 32.2. The molecular weight excluding hydrogens is 438 g/mol. The lowest BCUT2D eigenvalue weighted by Gasteiger charge is -2.13. The second kappa shape index (κ2) is 10.5. The van der Waals surface area contributed by atoms with Crippen LogP contribution in [0.4, 0.5) is 4.79 Å². The first kappa shape index (κ1) is 23.0. The van der Waals surface area contributed by atoms with Gasteiger partial charge in [-0.2, -0.15) is 0 Å². The van der Waals surface area contributed by atoms with Crippen molar-refractivity contribution < 1.29 is 23.6 Å². The molecule has 0 bridgehead atoms. The Labute approximate surface area is 188 Å². The van der Waals surface area contributed by atoms with Crippen molar-refractivity contribution >= 4 is 46.7 Å². The lowest BCUT2D eigenvalue weighted by molar-refractivity contribution is -0.123. The van der Waals surface area contributed by atoms with Crippen LogP contribution in [-0.4, -0.2) is 53.1 Å². The summed E-state index contributed by atoms with van der Waals surface area (Å²) in [6, 6.07) is 7.20. The van der Waals surface area contributed by atoms with Crippen molar-refractivity contribution in [2.45, 2.75) is 19.6 Å². The number of hydrogen-bond acceptors (Lipinski definition) is 8. The van der Waals surface area contributed by atoms with E-state index >= 15 is 0 Å². The van der Waals surface area contributed by atoms with E-state index in [1.54, 1.807) is 25.3 Å². The molecule has 0 saturated carbocycles. The molecule has 3 rings (SSSR count). The molecule has 0 aliphatic carbocycles. The second-order valence-corrected chi connectivity index (χ2v) is 8.73. The number of ether oxygens (including phenoxy) is 1. The lowest BCUT2D eigenvalue weighted by Crippen LogP contribution is -2.37. The summed E-state index contributed by atoms with van der Waals surface area (Å²) < 4.78 is 10.2. The average Bonchev–Trinajstić information content (AvgIpc) is 3.21. The highest BCUT2D eigenvalue weighted by molar-refractivity contribution is 8.18. The van der Waals surface area contributed by atoms with Crippen molar-refractivity contribution in [3.8, 4) is 5.75 Å². The number of methoxy groups -OCH3 is 1. The van der Waals surface area contributed by atoms with Crippen molar-refractivity contribution in [3.63, 3.8) is 0 Å². The zero-order chi connectivity index (χ0) is 22.4. The van der Waals surface area contributed by atoms with Gasteiger partial charge in [-0.05, 0) is 49.4 Å². The number of imide groups is 1. The molecule has 1 aliphatic rings. The zero-order valence-electron chi connectivity index (χ0n) is 17.5. The van der Waals surface area contributed by atoms with Gasteiger partial charge in [0.15, 0.2) is 0 Å². The predicted molar refractivity (Wildman–Crippen MR) is 121 cm³/mol. The molecule has 31 heavy (non-hydrogen) atoms. The summed E-state index contributed by atoms with van der Waals surface area (Å²) in [4.78, 5) is 38.3. The highest BCUT2D eigenvalue weighted by Crippen LogP contribution is 2.32. The van der Waals surface area contributed by atoms with E-state index in [0.29, 0.717) is 16.4 Å². The van der Waals surface area contributed by atoms with E-state index in [1.807, 2.05) is 26.0 Å². The fourth-order valence-electron chi connectivity index (χ4n) is 2.86. The van der Waals surface area contributed by atoms with Crippen LogP contribution in [0.15, 0.2) is 33.7 Å². The summed E-state index contributed by atoms with van der Waals surface area (Å²) in [7, 11) is 1.58. The molecule has 10 heteroatoms. The number of hydrogen-bond donors (Lipinski definition) is 1. The largest absolute Gasteiger partial charge is 0.497 e. The zero-order valence-corrected chi connectivity index (χ0v) is 19.1. The highest BCUT2D eigenvalue weighted by Gasteiger charge is 2.34. The van der Waals surface area contributed by atoms with Gasteiger partial charge >= 0.3 is 0 Å². The molecule has 3 amide bonds. The Balaban J connectivity index is 1.44.